The lowest BCUT2D eigenvalue weighted by molar-refractivity contribution is -0.119. The number of amides is 1. The molecule has 1 fully saturated rings. The molecule has 2 N–H and O–H groups in total. The molecule has 1 saturated heterocycles. The van der Waals surface area contributed by atoms with Gasteiger partial charge in [0.25, 0.3) is 5.92 Å². The molecule has 1 atom stereocenters. The van der Waals surface area contributed by atoms with Crippen LogP contribution in [0.1, 0.15) is 18.4 Å². The minimum atomic E-state index is -2.84. The Balaban J connectivity index is 1.63. The number of carbonyl (C=O) groups is 1. The molecule has 2 heterocycles. The van der Waals surface area contributed by atoms with E-state index in [1.807, 2.05) is 24.3 Å². The van der Waals surface area contributed by atoms with Gasteiger partial charge in [0.05, 0.1) is 12.6 Å². The first-order chi connectivity index (χ1) is 10.5. The monoisotopic (exact) mass is 309 g/mol. The molecule has 120 valence electrons. The van der Waals surface area contributed by atoms with E-state index in [0.29, 0.717) is 13.1 Å². The van der Waals surface area contributed by atoms with E-state index in [1.165, 1.54) is 5.56 Å². The summed E-state index contributed by atoms with van der Waals surface area (Å²) in [6.07, 6.45) is 0.791. The summed E-state index contributed by atoms with van der Waals surface area (Å²) in [5.74, 6) is -2.86. The number of nitrogens with zero attached hydrogens (tertiary/aromatic N) is 2. The molecule has 0 bridgehead atoms. The van der Waals surface area contributed by atoms with E-state index in [0.717, 1.165) is 12.1 Å². The topological polar surface area (TPSA) is 49.6 Å². The first-order valence-corrected chi connectivity index (χ1v) is 7.71. The second kappa shape index (κ2) is 5.93. The molecular formula is C16H21F2N3O. The highest BCUT2D eigenvalue weighted by atomic mass is 19.3. The van der Waals surface area contributed by atoms with Gasteiger partial charge in [-0.2, -0.15) is 0 Å². The summed E-state index contributed by atoms with van der Waals surface area (Å²) >= 11 is 0. The number of carbonyl (C=O) groups excluding carboxylic acids is 1. The number of likely N-dealkylation sites (tertiary alicyclic amines) is 1. The number of anilines is 1. The molecular weight excluding hydrogens is 288 g/mol. The van der Waals surface area contributed by atoms with Crippen LogP contribution in [0, 0.1) is 0 Å². The number of hydrogen-bond donors (Lipinski definition) is 1. The predicted octanol–water partition coefficient (Wildman–Crippen LogP) is 1.63. The van der Waals surface area contributed by atoms with E-state index in [2.05, 4.69) is 0 Å². The van der Waals surface area contributed by atoms with Gasteiger partial charge in [0, 0.05) is 31.7 Å². The van der Waals surface area contributed by atoms with Crippen molar-refractivity contribution >= 4 is 11.6 Å². The van der Waals surface area contributed by atoms with Gasteiger partial charge < -0.3 is 10.6 Å². The molecule has 0 saturated carbocycles. The summed E-state index contributed by atoms with van der Waals surface area (Å²) in [5.41, 5.74) is 7.63. The third kappa shape index (κ3) is 2.98. The van der Waals surface area contributed by atoms with E-state index < -0.39 is 12.0 Å². The minimum Gasteiger partial charge on any atom is -0.323 e. The van der Waals surface area contributed by atoms with Gasteiger partial charge in [-0.15, -0.1) is 0 Å². The Kier molecular flexibility index (Phi) is 4.14. The molecule has 4 nitrogen and oxygen atoms in total. The Bertz CT molecular complexity index is 564. The number of alkyl halides is 2. The van der Waals surface area contributed by atoms with Gasteiger partial charge in [0.2, 0.25) is 5.91 Å². The van der Waals surface area contributed by atoms with Crippen molar-refractivity contribution in [2.45, 2.75) is 31.2 Å². The lowest BCUT2D eigenvalue weighted by Gasteiger charge is -2.24. The van der Waals surface area contributed by atoms with E-state index >= 15 is 0 Å². The molecule has 22 heavy (non-hydrogen) atoms. The smallest absolute Gasteiger partial charge is 0.264 e. The van der Waals surface area contributed by atoms with Gasteiger partial charge in [-0.1, -0.05) is 18.2 Å². The number of fused-ring (bicyclic) bond motifs is 1. The van der Waals surface area contributed by atoms with Crippen LogP contribution >= 0.6 is 0 Å². The number of nitrogens with two attached hydrogens (primary N) is 1. The van der Waals surface area contributed by atoms with Gasteiger partial charge >= 0.3 is 0 Å². The van der Waals surface area contributed by atoms with Crippen molar-refractivity contribution in [2.24, 2.45) is 5.73 Å². The molecule has 2 aliphatic heterocycles. The van der Waals surface area contributed by atoms with Gasteiger partial charge in [-0.25, -0.2) is 8.78 Å². The lowest BCUT2D eigenvalue weighted by Crippen LogP contribution is -2.40. The van der Waals surface area contributed by atoms with Gasteiger partial charge in [-0.05, 0) is 24.5 Å². The molecule has 1 aromatic rings. The number of halogens is 2. The number of para-hydroxylation sites is 1. The quantitative estimate of drug-likeness (QED) is 0.903. The van der Waals surface area contributed by atoms with Crippen LogP contribution in [0.4, 0.5) is 14.5 Å². The molecule has 3 rings (SSSR count). The van der Waals surface area contributed by atoms with E-state index in [1.54, 1.807) is 9.80 Å². The average Bonchev–Trinajstić information content (AvgIpc) is 2.88. The van der Waals surface area contributed by atoms with Crippen molar-refractivity contribution in [3.05, 3.63) is 29.8 Å². The summed E-state index contributed by atoms with van der Waals surface area (Å²) in [4.78, 5) is 16.1. The second-order valence-corrected chi connectivity index (χ2v) is 6.11. The van der Waals surface area contributed by atoms with Crippen molar-refractivity contribution in [3.63, 3.8) is 0 Å². The highest BCUT2D eigenvalue weighted by Gasteiger charge is 2.39. The van der Waals surface area contributed by atoms with Crippen molar-refractivity contribution < 1.29 is 13.6 Å². The van der Waals surface area contributed by atoms with Crippen LogP contribution < -0.4 is 10.6 Å². The largest absolute Gasteiger partial charge is 0.323 e. The molecule has 0 aliphatic carbocycles. The second-order valence-electron chi connectivity index (χ2n) is 6.11. The molecule has 0 spiro atoms. The fraction of sp³-hybridized carbons (Fsp3) is 0.562. The summed E-state index contributed by atoms with van der Waals surface area (Å²) in [6, 6.07) is 6.72. The van der Waals surface area contributed by atoms with Crippen LogP contribution in [0.3, 0.4) is 0 Å². The van der Waals surface area contributed by atoms with Gasteiger partial charge in [-0.3, -0.25) is 9.69 Å². The fourth-order valence-corrected chi connectivity index (χ4v) is 3.17. The Morgan fingerprint density at radius 2 is 2.05 bits per heavy atom. The molecule has 1 aromatic carbocycles. The fourth-order valence-electron chi connectivity index (χ4n) is 3.17. The predicted molar refractivity (Wildman–Crippen MR) is 81.1 cm³/mol. The van der Waals surface area contributed by atoms with Crippen LogP contribution in [0.2, 0.25) is 0 Å². The average molecular weight is 309 g/mol. The normalized spacial score (nSPS) is 24.9. The Morgan fingerprint density at radius 1 is 1.27 bits per heavy atom. The van der Waals surface area contributed by atoms with E-state index in [-0.39, 0.29) is 31.8 Å². The summed E-state index contributed by atoms with van der Waals surface area (Å²) < 4.78 is 27.2. The third-order valence-corrected chi connectivity index (χ3v) is 4.61. The van der Waals surface area contributed by atoms with Gasteiger partial charge in [0.1, 0.15) is 0 Å². The van der Waals surface area contributed by atoms with E-state index in [9.17, 15) is 13.6 Å². The molecule has 6 heteroatoms. The van der Waals surface area contributed by atoms with Crippen molar-refractivity contribution in [3.8, 4) is 0 Å². The maximum Gasteiger partial charge on any atom is 0.264 e. The van der Waals surface area contributed by atoms with Crippen molar-refractivity contribution in [1.82, 2.24) is 4.90 Å². The molecule has 0 aromatic heterocycles. The highest BCUT2D eigenvalue weighted by molar-refractivity contribution is 5.96. The molecule has 1 amide bonds. The van der Waals surface area contributed by atoms with Crippen LogP contribution in [0.25, 0.3) is 0 Å². The van der Waals surface area contributed by atoms with Crippen LogP contribution in [0.5, 0.6) is 0 Å². The van der Waals surface area contributed by atoms with Crippen molar-refractivity contribution in [1.29, 1.82) is 0 Å². The zero-order valence-electron chi connectivity index (χ0n) is 12.5. The Hall–Kier alpha value is -1.53. The zero-order valence-corrected chi connectivity index (χ0v) is 12.5. The number of benzene rings is 1. The maximum absolute atomic E-state index is 13.6. The zero-order chi connectivity index (χ0) is 15.7. The highest BCUT2D eigenvalue weighted by Crippen LogP contribution is 2.29. The maximum atomic E-state index is 13.6. The number of rotatable bonds is 2. The first-order valence-electron chi connectivity index (χ1n) is 7.71. The Labute approximate surface area is 128 Å². The standard InChI is InChI=1S/C16H21F2N3O/c17-16(18)7-10-20(8-6-14(16)19)11-15(22)21-9-5-12-3-1-2-4-13(12)21/h1-4,14H,5-11,19H2. The molecule has 0 radical (unpaired) electrons. The van der Waals surface area contributed by atoms with Gasteiger partial charge in [0.15, 0.2) is 0 Å². The number of hydrogen-bond acceptors (Lipinski definition) is 3. The van der Waals surface area contributed by atoms with Crippen LogP contribution in [-0.4, -0.2) is 49.0 Å². The summed E-state index contributed by atoms with van der Waals surface area (Å²) in [5, 5.41) is 0. The summed E-state index contributed by atoms with van der Waals surface area (Å²) in [7, 11) is 0. The molecule has 1 unspecified atom stereocenters. The molecule has 2 aliphatic rings. The van der Waals surface area contributed by atoms with E-state index in [4.69, 9.17) is 5.73 Å². The van der Waals surface area contributed by atoms with Crippen molar-refractivity contribution in [2.75, 3.05) is 31.1 Å². The Morgan fingerprint density at radius 3 is 2.86 bits per heavy atom. The first kappa shape index (κ1) is 15.4. The summed E-state index contributed by atoms with van der Waals surface area (Å²) in [6.45, 7) is 1.50. The third-order valence-electron chi connectivity index (χ3n) is 4.61. The van der Waals surface area contributed by atoms with Crippen LogP contribution in [-0.2, 0) is 11.2 Å². The lowest BCUT2D eigenvalue weighted by atomic mass is 10.1. The SMILES string of the molecule is NC1CCN(CC(=O)N2CCc3ccccc32)CCC1(F)F. The van der Waals surface area contributed by atoms with Crippen LogP contribution in [0.15, 0.2) is 24.3 Å². The minimum absolute atomic E-state index is 0.0243.